The molecule has 0 bridgehead atoms. The Morgan fingerprint density at radius 3 is 2.23 bits per heavy atom. The van der Waals surface area contributed by atoms with Crippen LogP contribution < -0.4 is 9.47 Å². The fourth-order valence-corrected chi connectivity index (χ4v) is 6.57. The average molecular weight is 470 g/mol. The van der Waals surface area contributed by atoms with Crippen molar-refractivity contribution in [1.82, 2.24) is 4.90 Å². The predicted octanol–water partition coefficient (Wildman–Crippen LogP) is 5.83. The summed E-state index contributed by atoms with van der Waals surface area (Å²) >= 11 is 0. The molecule has 6 rings (SSSR count). The molecule has 3 aromatic carbocycles. The van der Waals surface area contributed by atoms with E-state index in [4.69, 9.17) is 9.47 Å². The highest BCUT2D eigenvalue weighted by Gasteiger charge is 2.52. The second-order valence-electron chi connectivity index (χ2n) is 10.0. The van der Waals surface area contributed by atoms with Crippen LogP contribution in [-0.4, -0.2) is 35.2 Å². The molecule has 180 valence electrons. The number of carbonyl (C=O) groups excluding carboxylic acids is 1. The number of piperidine rings is 1. The minimum Gasteiger partial charge on any atom is -0.496 e. The summed E-state index contributed by atoms with van der Waals surface area (Å²) in [5, 5.41) is 11.7. The highest BCUT2D eigenvalue weighted by molar-refractivity contribution is 5.90. The summed E-state index contributed by atoms with van der Waals surface area (Å²) in [6.07, 6.45) is 4.36. The van der Waals surface area contributed by atoms with E-state index in [-0.39, 0.29) is 17.9 Å². The first kappa shape index (κ1) is 22.2. The number of methoxy groups -OCH3 is 1. The van der Waals surface area contributed by atoms with Crippen molar-refractivity contribution in [3.8, 4) is 17.2 Å². The molecule has 3 atom stereocenters. The number of hydrogen-bond donors (Lipinski definition) is 1. The SMILES string of the molecule is COc1ccccc1[C@H]1[C@H]2CCCC[C@@]2(O)CCN1C(=O)C1c2ccccc2Oc2ccccc21. The van der Waals surface area contributed by atoms with Crippen LogP contribution in [0.15, 0.2) is 72.8 Å². The Morgan fingerprint density at radius 1 is 0.914 bits per heavy atom. The van der Waals surface area contributed by atoms with Crippen LogP contribution >= 0.6 is 0 Å². The van der Waals surface area contributed by atoms with Crippen molar-refractivity contribution in [1.29, 1.82) is 0 Å². The molecule has 0 radical (unpaired) electrons. The van der Waals surface area contributed by atoms with Crippen LogP contribution in [0.5, 0.6) is 17.2 Å². The molecular weight excluding hydrogens is 438 g/mol. The van der Waals surface area contributed by atoms with Gasteiger partial charge in [-0.3, -0.25) is 4.79 Å². The van der Waals surface area contributed by atoms with Crippen molar-refractivity contribution in [2.75, 3.05) is 13.7 Å². The third-order valence-corrected chi connectivity index (χ3v) is 8.24. The third-order valence-electron chi connectivity index (χ3n) is 8.24. The van der Waals surface area contributed by atoms with Crippen molar-refractivity contribution in [3.05, 3.63) is 89.5 Å². The summed E-state index contributed by atoms with van der Waals surface area (Å²) in [5.74, 6) is 1.78. The number of rotatable bonds is 3. The van der Waals surface area contributed by atoms with Gasteiger partial charge in [-0.25, -0.2) is 0 Å². The first-order chi connectivity index (χ1) is 17.1. The predicted molar refractivity (Wildman–Crippen MR) is 134 cm³/mol. The molecule has 3 aliphatic rings. The second kappa shape index (κ2) is 8.72. The number of aliphatic hydroxyl groups is 1. The summed E-state index contributed by atoms with van der Waals surface area (Å²) in [6, 6.07) is 23.4. The van der Waals surface area contributed by atoms with Gasteiger partial charge in [0.25, 0.3) is 0 Å². The molecule has 35 heavy (non-hydrogen) atoms. The molecule has 2 heterocycles. The summed E-state index contributed by atoms with van der Waals surface area (Å²) in [5.41, 5.74) is 1.99. The largest absolute Gasteiger partial charge is 0.496 e. The van der Waals surface area contributed by atoms with Gasteiger partial charge in [0.05, 0.1) is 24.7 Å². The highest BCUT2D eigenvalue weighted by Crippen LogP contribution is 2.53. The Hall–Kier alpha value is -3.31. The van der Waals surface area contributed by atoms with Crippen LogP contribution in [0.2, 0.25) is 0 Å². The molecule has 2 aliphatic heterocycles. The van der Waals surface area contributed by atoms with Crippen LogP contribution in [0.4, 0.5) is 0 Å². The number of hydrogen-bond acceptors (Lipinski definition) is 4. The number of amides is 1. The Bertz CT molecular complexity index is 1210. The maximum absolute atomic E-state index is 14.6. The lowest BCUT2D eigenvalue weighted by atomic mass is 9.65. The Morgan fingerprint density at radius 2 is 1.54 bits per heavy atom. The van der Waals surface area contributed by atoms with Gasteiger partial charge < -0.3 is 19.5 Å². The van der Waals surface area contributed by atoms with Gasteiger partial charge in [-0.2, -0.15) is 0 Å². The van der Waals surface area contributed by atoms with Gasteiger partial charge in [-0.1, -0.05) is 67.4 Å². The zero-order valence-corrected chi connectivity index (χ0v) is 20.0. The Balaban J connectivity index is 1.48. The molecule has 2 fully saturated rings. The molecule has 1 amide bonds. The van der Waals surface area contributed by atoms with Gasteiger partial charge in [-0.05, 0) is 37.5 Å². The van der Waals surface area contributed by atoms with E-state index in [2.05, 4.69) is 6.07 Å². The number of ether oxygens (including phenoxy) is 2. The highest BCUT2D eigenvalue weighted by atomic mass is 16.5. The molecule has 5 heteroatoms. The quantitative estimate of drug-likeness (QED) is 0.525. The number of fused-ring (bicyclic) bond motifs is 3. The molecule has 5 nitrogen and oxygen atoms in total. The van der Waals surface area contributed by atoms with Gasteiger partial charge in [0.15, 0.2) is 0 Å². The van der Waals surface area contributed by atoms with Gasteiger partial charge >= 0.3 is 0 Å². The number of para-hydroxylation sites is 3. The zero-order valence-electron chi connectivity index (χ0n) is 20.0. The minimum atomic E-state index is -0.758. The van der Waals surface area contributed by atoms with E-state index in [1.807, 2.05) is 71.6 Å². The second-order valence-corrected chi connectivity index (χ2v) is 10.0. The molecule has 1 saturated heterocycles. The zero-order chi connectivity index (χ0) is 24.0. The molecule has 1 saturated carbocycles. The fourth-order valence-electron chi connectivity index (χ4n) is 6.57. The van der Waals surface area contributed by atoms with Crippen molar-refractivity contribution in [3.63, 3.8) is 0 Å². The maximum Gasteiger partial charge on any atom is 0.235 e. The van der Waals surface area contributed by atoms with E-state index in [0.717, 1.165) is 59.6 Å². The molecule has 3 aromatic rings. The summed E-state index contributed by atoms with van der Waals surface area (Å²) in [4.78, 5) is 16.6. The molecule has 0 unspecified atom stereocenters. The van der Waals surface area contributed by atoms with E-state index in [1.165, 1.54) is 0 Å². The van der Waals surface area contributed by atoms with E-state index in [0.29, 0.717) is 13.0 Å². The van der Waals surface area contributed by atoms with Crippen molar-refractivity contribution in [2.24, 2.45) is 5.92 Å². The normalized spacial score (nSPS) is 25.6. The number of likely N-dealkylation sites (tertiary alicyclic amines) is 1. The summed E-state index contributed by atoms with van der Waals surface area (Å²) < 4.78 is 11.9. The van der Waals surface area contributed by atoms with Crippen LogP contribution in [-0.2, 0) is 4.79 Å². The lowest BCUT2D eigenvalue weighted by Crippen LogP contribution is -2.57. The Kier molecular flexibility index (Phi) is 5.53. The molecule has 0 aromatic heterocycles. The van der Waals surface area contributed by atoms with Crippen LogP contribution in [0, 0.1) is 5.92 Å². The molecular formula is C30H31NO4. The summed E-state index contributed by atoms with van der Waals surface area (Å²) in [7, 11) is 1.67. The van der Waals surface area contributed by atoms with Gasteiger partial charge in [0.2, 0.25) is 5.91 Å². The van der Waals surface area contributed by atoms with Crippen LogP contribution in [0.3, 0.4) is 0 Å². The number of nitrogens with zero attached hydrogens (tertiary/aromatic N) is 1. The average Bonchev–Trinajstić information content (AvgIpc) is 2.90. The van der Waals surface area contributed by atoms with Gasteiger partial charge in [-0.15, -0.1) is 0 Å². The van der Waals surface area contributed by atoms with E-state index < -0.39 is 11.5 Å². The number of carbonyl (C=O) groups is 1. The molecule has 1 N–H and O–H groups in total. The third kappa shape index (κ3) is 3.61. The van der Waals surface area contributed by atoms with Crippen molar-refractivity contribution < 1.29 is 19.4 Å². The van der Waals surface area contributed by atoms with E-state index >= 15 is 0 Å². The lowest BCUT2D eigenvalue weighted by molar-refractivity contribution is -0.156. The van der Waals surface area contributed by atoms with Crippen LogP contribution in [0.1, 0.15) is 60.8 Å². The fraction of sp³-hybridized carbons (Fsp3) is 0.367. The van der Waals surface area contributed by atoms with Gasteiger partial charge in [0, 0.05) is 29.2 Å². The van der Waals surface area contributed by atoms with Crippen molar-refractivity contribution >= 4 is 5.91 Å². The van der Waals surface area contributed by atoms with Gasteiger partial charge in [0.1, 0.15) is 17.2 Å². The topological polar surface area (TPSA) is 59.0 Å². The van der Waals surface area contributed by atoms with E-state index in [1.54, 1.807) is 7.11 Å². The summed E-state index contributed by atoms with van der Waals surface area (Å²) in [6.45, 7) is 0.510. The monoisotopic (exact) mass is 469 g/mol. The molecule has 0 spiro atoms. The van der Waals surface area contributed by atoms with E-state index in [9.17, 15) is 9.90 Å². The Labute approximate surface area is 206 Å². The standard InChI is InChI=1S/C30H31NO4/c1-34-24-14-5-4-12-22(24)28-23-13-8-9-17-30(23,33)18-19-31(28)29(32)27-20-10-2-6-15-25(20)35-26-16-7-3-11-21(26)27/h2-7,10-12,14-16,23,27-28,33H,8-9,13,17-19H2,1H3/t23-,28+,30-/m1/s1. The first-order valence-corrected chi connectivity index (χ1v) is 12.6. The van der Waals surface area contributed by atoms with Crippen molar-refractivity contribution in [2.45, 2.75) is 49.7 Å². The maximum atomic E-state index is 14.6. The van der Waals surface area contributed by atoms with Crippen LogP contribution in [0.25, 0.3) is 0 Å². The lowest BCUT2D eigenvalue weighted by Gasteiger charge is -2.53. The smallest absolute Gasteiger partial charge is 0.235 e. The number of benzene rings is 3. The minimum absolute atomic E-state index is 0.0319. The first-order valence-electron chi connectivity index (χ1n) is 12.6. The molecule has 1 aliphatic carbocycles.